The van der Waals surface area contributed by atoms with Gasteiger partial charge in [0.15, 0.2) is 5.60 Å². The highest BCUT2D eigenvalue weighted by Crippen LogP contribution is 2.45. The fourth-order valence-electron chi connectivity index (χ4n) is 4.33. The first-order valence-corrected chi connectivity index (χ1v) is 10.5. The number of hydrogen-bond acceptors (Lipinski definition) is 3. The van der Waals surface area contributed by atoms with Crippen LogP contribution in [0.2, 0.25) is 0 Å². The molecule has 0 spiro atoms. The summed E-state index contributed by atoms with van der Waals surface area (Å²) in [6.07, 6.45) is 3.80. The van der Waals surface area contributed by atoms with E-state index in [4.69, 9.17) is 4.74 Å². The molecule has 1 aliphatic heterocycles. The Balaban J connectivity index is 1.78. The van der Waals surface area contributed by atoms with Crippen molar-refractivity contribution in [1.82, 2.24) is 0 Å². The van der Waals surface area contributed by atoms with Crippen LogP contribution < -0.4 is 4.74 Å². The Hall–Kier alpha value is -4.38. The molecule has 0 fully saturated rings. The van der Waals surface area contributed by atoms with Crippen LogP contribution in [0.3, 0.4) is 0 Å². The predicted octanol–water partition coefficient (Wildman–Crippen LogP) is 5.89. The molecule has 0 unspecified atom stereocenters. The summed E-state index contributed by atoms with van der Waals surface area (Å²) >= 11 is 0. The molecule has 162 valence electrons. The first kappa shape index (κ1) is 20.5. The lowest BCUT2D eigenvalue weighted by atomic mass is 9.82. The SMILES string of the molecule is Cc1ccc2c3c(ccc2c1)C=CC(c1cccc(C(=O)O)c1)(c1cccc(C(=O)O)c1)O3. The van der Waals surface area contributed by atoms with Crippen molar-refractivity contribution in [3.8, 4) is 5.75 Å². The van der Waals surface area contributed by atoms with E-state index in [2.05, 4.69) is 6.07 Å². The Kier molecular flexibility index (Phi) is 4.75. The van der Waals surface area contributed by atoms with Crippen LogP contribution in [0.1, 0.15) is 43.0 Å². The van der Waals surface area contributed by atoms with Crippen molar-refractivity contribution in [1.29, 1.82) is 0 Å². The van der Waals surface area contributed by atoms with Gasteiger partial charge in [-0.25, -0.2) is 9.59 Å². The van der Waals surface area contributed by atoms with Gasteiger partial charge in [-0.05, 0) is 42.7 Å². The van der Waals surface area contributed by atoms with Gasteiger partial charge in [0.2, 0.25) is 0 Å². The highest BCUT2D eigenvalue weighted by molar-refractivity contribution is 5.93. The zero-order valence-corrected chi connectivity index (χ0v) is 17.8. The highest BCUT2D eigenvalue weighted by atomic mass is 16.5. The van der Waals surface area contributed by atoms with E-state index in [0.29, 0.717) is 16.9 Å². The molecule has 5 nitrogen and oxygen atoms in total. The minimum Gasteiger partial charge on any atom is -0.478 e. The highest BCUT2D eigenvalue weighted by Gasteiger charge is 2.38. The molecule has 5 heteroatoms. The first-order chi connectivity index (χ1) is 15.9. The molecule has 0 saturated carbocycles. The molecule has 1 heterocycles. The third kappa shape index (κ3) is 3.44. The zero-order valence-electron chi connectivity index (χ0n) is 17.8. The summed E-state index contributed by atoms with van der Waals surface area (Å²) in [7, 11) is 0. The Labute approximate surface area is 190 Å². The predicted molar refractivity (Wildman–Crippen MR) is 126 cm³/mol. The number of carboxylic acid groups (broad SMARTS) is 2. The number of carbonyl (C=O) groups is 2. The average molecular weight is 436 g/mol. The van der Waals surface area contributed by atoms with E-state index in [9.17, 15) is 19.8 Å². The summed E-state index contributed by atoms with van der Waals surface area (Å²) in [5.41, 5.74) is 2.25. The Morgan fingerprint density at radius 2 is 1.42 bits per heavy atom. The van der Waals surface area contributed by atoms with Gasteiger partial charge in [-0.1, -0.05) is 66.2 Å². The quantitative estimate of drug-likeness (QED) is 0.416. The summed E-state index contributed by atoms with van der Waals surface area (Å²) in [5, 5.41) is 21.1. The van der Waals surface area contributed by atoms with Gasteiger partial charge in [0.05, 0.1) is 11.1 Å². The molecule has 4 aromatic rings. The minimum absolute atomic E-state index is 0.123. The topological polar surface area (TPSA) is 83.8 Å². The second-order valence-electron chi connectivity index (χ2n) is 8.15. The second-order valence-corrected chi connectivity index (χ2v) is 8.15. The molecule has 0 aliphatic carbocycles. The first-order valence-electron chi connectivity index (χ1n) is 10.5. The standard InChI is InChI=1S/C28H20O5/c1-17-8-11-24-19(14-17)10-9-18-12-13-28(33-25(18)24,22-6-2-4-20(15-22)26(29)30)23-7-3-5-21(16-23)27(31)32/h2-16H,1H3,(H,29,30)(H,31,32). The van der Waals surface area contributed by atoms with E-state index in [1.54, 1.807) is 36.4 Å². The van der Waals surface area contributed by atoms with E-state index in [-0.39, 0.29) is 11.1 Å². The number of benzene rings is 4. The Morgan fingerprint density at radius 3 is 2.03 bits per heavy atom. The van der Waals surface area contributed by atoms with Crippen molar-refractivity contribution in [2.45, 2.75) is 12.5 Å². The molecular weight excluding hydrogens is 416 g/mol. The number of aromatic carboxylic acids is 2. The van der Waals surface area contributed by atoms with Gasteiger partial charge < -0.3 is 14.9 Å². The number of fused-ring (bicyclic) bond motifs is 3. The maximum atomic E-state index is 11.7. The fraction of sp³-hybridized carbons (Fsp3) is 0.0714. The number of ether oxygens (including phenoxy) is 1. The molecule has 0 bridgehead atoms. The largest absolute Gasteiger partial charge is 0.478 e. The van der Waals surface area contributed by atoms with E-state index in [1.807, 2.05) is 43.3 Å². The second kappa shape index (κ2) is 7.64. The summed E-state index contributed by atoms with van der Waals surface area (Å²) in [6.45, 7) is 2.03. The number of aryl methyl sites for hydroxylation is 1. The minimum atomic E-state index is -1.21. The number of hydrogen-bond donors (Lipinski definition) is 2. The van der Waals surface area contributed by atoms with Crippen molar-refractivity contribution >= 4 is 28.8 Å². The van der Waals surface area contributed by atoms with Crippen molar-refractivity contribution in [3.63, 3.8) is 0 Å². The van der Waals surface area contributed by atoms with Gasteiger partial charge in [-0.2, -0.15) is 0 Å². The van der Waals surface area contributed by atoms with E-state index in [0.717, 1.165) is 21.9 Å². The maximum absolute atomic E-state index is 11.7. The molecule has 33 heavy (non-hydrogen) atoms. The van der Waals surface area contributed by atoms with Crippen LogP contribution in [0.15, 0.2) is 84.9 Å². The van der Waals surface area contributed by atoms with E-state index in [1.165, 1.54) is 12.1 Å². The smallest absolute Gasteiger partial charge is 0.335 e. The third-order valence-electron chi connectivity index (χ3n) is 5.99. The van der Waals surface area contributed by atoms with E-state index >= 15 is 0 Å². The average Bonchev–Trinajstić information content (AvgIpc) is 2.83. The molecule has 1 aliphatic rings. The van der Waals surface area contributed by atoms with Crippen LogP contribution in [-0.2, 0) is 5.60 Å². The van der Waals surface area contributed by atoms with Gasteiger partial charge in [0.25, 0.3) is 0 Å². The van der Waals surface area contributed by atoms with Crippen LogP contribution in [0.5, 0.6) is 5.75 Å². The molecule has 4 aromatic carbocycles. The molecule has 0 atom stereocenters. The van der Waals surface area contributed by atoms with Crippen LogP contribution in [0.4, 0.5) is 0 Å². The number of carboxylic acids is 2. The maximum Gasteiger partial charge on any atom is 0.335 e. The van der Waals surface area contributed by atoms with Gasteiger partial charge >= 0.3 is 11.9 Å². The number of rotatable bonds is 4. The fourth-order valence-corrected chi connectivity index (χ4v) is 4.33. The van der Waals surface area contributed by atoms with Gasteiger partial charge in [0, 0.05) is 22.1 Å². The molecule has 0 amide bonds. The normalized spacial score (nSPS) is 13.8. The molecular formula is C28H20O5. The molecule has 0 aromatic heterocycles. The Bertz CT molecular complexity index is 1410. The van der Waals surface area contributed by atoms with Crippen molar-refractivity contribution in [2.24, 2.45) is 0 Å². The molecule has 2 N–H and O–H groups in total. The summed E-state index contributed by atoms with van der Waals surface area (Å²) in [6, 6.07) is 23.2. The van der Waals surface area contributed by atoms with Crippen molar-refractivity contribution < 1.29 is 24.5 Å². The zero-order chi connectivity index (χ0) is 23.2. The van der Waals surface area contributed by atoms with E-state index < -0.39 is 17.5 Å². The molecule has 0 saturated heterocycles. The molecule has 5 rings (SSSR count). The van der Waals surface area contributed by atoms with Gasteiger partial charge in [-0.3, -0.25) is 0 Å². The third-order valence-corrected chi connectivity index (χ3v) is 5.99. The van der Waals surface area contributed by atoms with Gasteiger partial charge in [-0.15, -0.1) is 0 Å². The summed E-state index contributed by atoms with van der Waals surface area (Å²) in [5.74, 6) is -1.43. The van der Waals surface area contributed by atoms with Crippen molar-refractivity contribution in [3.05, 3.63) is 118 Å². The van der Waals surface area contributed by atoms with Crippen LogP contribution >= 0.6 is 0 Å². The molecule has 0 radical (unpaired) electrons. The Morgan fingerprint density at radius 1 is 0.788 bits per heavy atom. The van der Waals surface area contributed by atoms with Crippen LogP contribution in [0.25, 0.3) is 16.8 Å². The lowest BCUT2D eigenvalue weighted by Crippen LogP contribution is -2.34. The lowest BCUT2D eigenvalue weighted by Gasteiger charge is -2.37. The lowest BCUT2D eigenvalue weighted by molar-refractivity contribution is 0.0686. The monoisotopic (exact) mass is 436 g/mol. The van der Waals surface area contributed by atoms with Crippen molar-refractivity contribution in [2.75, 3.05) is 0 Å². The van der Waals surface area contributed by atoms with Gasteiger partial charge in [0.1, 0.15) is 5.75 Å². The summed E-state index contributed by atoms with van der Waals surface area (Å²) in [4.78, 5) is 23.4. The summed E-state index contributed by atoms with van der Waals surface area (Å²) < 4.78 is 6.74. The van der Waals surface area contributed by atoms with Crippen LogP contribution in [-0.4, -0.2) is 22.2 Å². The van der Waals surface area contributed by atoms with Crippen LogP contribution in [0, 0.1) is 6.92 Å².